The summed E-state index contributed by atoms with van der Waals surface area (Å²) in [5.74, 6) is -15.2. The molecule has 0 aliphatic carbocycles. The van der Waals surface area contributed by atoms with Gasteiger partial charge >= 0.3 is 10.1 Å². The van der Waals surface area contributed by atoms with Gasteiger partial charge in [-0.1, -0.05) is 13.8 Å². The van der Waals surface area contributed by atoms with Crippen molar-refractivity contribution in [2.45, 2.75) is 26.7 Å². The Morgan fingerprint density at radius 3 is 1.83 bits per heavy atom. The Labute approximate surface area is 129 Å². The lowest BCUT2D eigenvalue weighted by Gasteiger charge is -2.10. The van der Waals surface area contributed by atoms with Gasteiger partial charge in [0.1, 0.15) is 5.78 Å². The molecule has 0 atom stereocenters. The van der Waals surface area contributed by atoms with Crippen molar-refractivity contribution in [3.63, 3.8) is 0 Å². The summed E-state index contributed by atoms with van der Waals surface area (Å²) in [6.45, 7) is 3.44. The molecule has 130 valence electrons. The molecule has 1 aromatic rings. The largest absolute Gasteiger partial charge is 0.376 e. The number of Topliss-reactive ketones (excluding diaryl/α,β-unsaturated/α-hetero) is 1. The van der Waals surface area contributed by atoms with Crippen LogP contribution in [0.5, 0.6) is 5.75 Å². The van der Waals surface area contributed by atoms with Crippen LogP contribution in [-0.4, -0.2) is 20.0 Å². The minimum absolute atomic E-state index is 0.0266. The van der Waals surface area contributed by atoms with Crippen molar-refractivity contribution in [1.82, 2.24) is 0 Å². The number of rotatable bonds is 7. The zero-order valence-corrected chi connectivity index (χ0v) is 12.9. The van der Waals surface area contributed by atoms with E-state index in [0.717, 1.165) is 0 Å². The molecule has 4 nitrogen and oxygen atoms in total. The van der Waals surface area contributed by atoms with Crippen LogP contribution in [0, 0.1) is 35.0 Å². The van der Waals surface area contributed by atoms with Gasteiger partial charge in [-0.15, -0.1) is 0 Å². The SMILES string of the molecule is CC(C)CC(=O)CCS(=O)(=O)Oc1c(F)c(F)c(F)c(F)c1F. The van der Waals surface area contributed by atoms with Gasteiger partial charge in [0.15, 0.2) is 0 Å². The van der Waals surface area contributed by atoms with Crippen molar-refractivity contribution >= 4 is 15.9 Å². The summed E-state index contributed by atoms with van der Waals surface area (Å²) in [7, 11) is -4.71. The Balaban J connectivity index is 2.97. The highest BCUT2D eigenvalue weighted by atomic mass is 32.2. The predicted octanol–water partition coefficient (Wildman–Crippen LogP) is 3.10. The van der Waals surface area contributed by atoms with Crippen molar-refractivity contribution in [3.05, 3.63) is 29.1 Å². The van der Waals surface area contributed by atoms with Crippen molar-refractivity contribution in [3.8, 4) is 5.75 Å². The number of benzene rings is 1. The van der Waals surface area contributed by atoms with E-state index in [4.69, 9.17) is 0 Å². The Morgan fingerprint density at radius 2 is 1.39 bits per heavy atom. The molecule has 23 heavy (non-hydrogen) atoms. The summed E-state index contributed by atoms with van der Waals surface area (Å²) in [5.41, 5.74) is 0. The third kappa shape index (κ3) is 4.88. The van der Waals surface area contributed by atoms with Gasteiger partial charge in [-0.25, -0.2) is 13.2 Å². The Kier molecular flexibility index (Phi) is 6.09. The van der Waals surface area contributed by atoms with E-state index in [1.165, 1.54) is 0 Å². The fourth-order valence-electron chi connectivity index (χ4n) is 1.62. The van der Waals surface area contributed by atoms with Crippen LogP contribution in [0.15, 0.2) is 0 Å². The first kappa shape index (κ1) is 19.3. The lowest BCUT2D eigenvalue weighted by atomic mass is 10.1. The molecular weight excluding hydrogens is 347 g/mol. The van der Waals surface area contributed by atoms with Gasteiger partial charge in [-0.3, -0.25) is 4.79 Å². The summed E-state index contributed by atoms with van der Waals surface area (Å²) in [6.07, 6.45) is -0.423. The lowest BCUT2D eigenvalue weighted by Crippen LogP contribution is -2.19. The molecule has 0 aliphatic heterocycles. The number of hydrogen-bond donors (Lipinski definition) is 0. The van der Waals surface area contributed by atoms with Gasteiger partial charge < -0.3 is 4.18 Å². The molecule has 1 aromatic carbocycles. The van der Waals surface area contributed by atoms with Crippen molar-refractivity contribution < 1.29 is 39.3 Å². The van der Waals surface area contributed by atoms with Gasteiger partial charge in [0, 0.05) is 12.8 Å². The second-order valence-electron chi connectivity index (χ2n) is 5.13. The van der Waals surface area contributed by atoms with Gasteiger partial charge in [-0.05, 0) is 5.92 Å². The maximum absolute atomic E-state index is 13.3. The summed E-state index contributed by atoms with van der Waals surface area (Å²) in [6, 6.07) is 0. The minimum Gasteiger partial charge on any atom is -0.376 e. The van der Waals surface area contributed by atoms with Crippen LogP contribution >= 0.6 is 0 Å². The van der Waals surface area contributed by atoms with Crippen LogP contribution in [0.4, 0.5) is 22.0 Å². The third-order valence-electron chi connectivity index (χ3n) is 2.65. The molecule has 0 amide bonds. The first-order valence-electron chi connectivity index (χ1n) is 6.41. The normalized spacial score (nSPS) is 11.8. The van der Waals surface area contributed by atoms with E-state index in [0.29, 0.717) is 0 Å². The molecule has 0 heterocycles. The van der Waals surface area contributed by atoms with Gasteiger partial charge in [0.25, 0.3) is 0 Å². The van der Waals surface area contributed by atoms with E-state index < -0.39 is 62.9 Å². The van der Waals surface area contributed by atoms with E-state index in [9.17, 15) is 35.2 Å². The molecule has 0 spiro atoms. The Hall–Kier alpha value is -1.71. The molecule has 0 aliphatic rings. The second kappa shape index (κ2) is 7.24. The smallest absolute Gasteiger partial charge is 0.309 e. The van der Waals surface area contributed by atoms with Gasteiger partial charge in [-0.2, -0.15) is 17.2 Å². The average Bonchev–Trinajstić information content (AvgIpc) is 2.45. The van der Waals surface area contributed by atoms with Crippen LogP contribution in [-0.2, 0) is 14.9 Å². The molecule has 0 N–H and O–H groups in total. The highest BCUT2D eigenvalue weighted by Gasteiger charge is 2.30. The molecule has 0 saturated carbocycles. The van der Waals surface area contributed by atoms with Crippen molar-refractivity contribution in [2.75, 3.05) is 5.75 Å². The maximum Gasteiger partial charge on any atom is 0.309 e. The van der Waals surface area contributed by atoms with Crippen LogP contribution in [0.1, 0.15) is 26.7 Å². The van der Waals surface area contributed by atoms with Gasteiger partial charge in [0.05, 0.1) is 5.75 Å². The molecule has 0 fully saturated rings. The number of carbonyl (C=O) groups is 1. The molecule has 0 saturated heterocycles. The second-order valence-corrected chi connectivity index (χ2v) is 6.82. The van der Waals surface area contributed by atoms with E-state index in [1.54, 1.807) is 13.8 Å². The topological polar surface area (TPSA) is 60.4 Å². The van der Waals surface area contributed by atoms with E-state index in [-0.39, 0.29) is 12.3 Å². The number of ketones is 1. The fourth-order valence-corrected chi connectivity index (χ4v) is 2.58. The minimum atomic E-state index is -4.71. The van der Waals surface area contributed by atoms with Gasteiger partial charge in [0.2, 0.25) is 34.8 Å². The first-order chi connectivity index (χ1) is 10.5. The highest BCUT2D eigenvalue weighted by Crippen LogP contribution is 2.30. The summed E-state index contributed by atoms with van der Waals surface area (Å²) in [4.78, 5) is 11.4. The molecule has 0 aromatic heterocycles. The first-order valence-corrected chi connectivity index (χ1v) is 7.99. The predicted molar refractivity (Wildman–Crippen MR) is 69.7 cm³/mol. The summed E-state index contributed by atoms with van der Waals surface area (Å²) >= 11 is 0. The van der Waals surface area contributed by atoms with Crippen molar-refractivity contribution in [1.29, 1.82) is 0 Å². The molecule has 0 radical (unpaired) electrons. The number of carbonyl (C=O) groups excluding carboxylic acids is 1. The van der Waals surface area contributed by atoms with Crippen LogP contribution in [0.3, 0.4) is 0 Å². The molecular formula is C13H13F5O4S. The third-order valence-corrected chi connectivity index (χ3v) is 3.77. The highest BCUT2D eigenvalue weighted by molar-refractivity contribution is 7.87. The maximum atomic E-state index is 13.3. The van der Waals surface area contributed by atoms with E-state index >= 15 is 0 Å². The number of hydrogen-bond acceptors (Lipinski definition) is 4. The lowest BCUT2D eigenvalue weighted by molar-refractivity contribution is -0.119. The molecule has 0 unspecified atom stereocenters. The monoisotopic (exact) mass is 360 g/mol. The Morgan fingerprint density at radius 1 is 0.957 bits per heavy atom. The van der Waals surface area contributed by atoms with Crippen LogP contribution in [0.25, 0.3) is 0 Å². The molecule has 0 bridgehead atoms. The zero-order valence-electron chi connectivity index (χ0n) is 12.1. The number of halogens is 5. The molecule has 10 heteroatoms. The Bertz CT molecular complexity index is 687. The standard InChI is InChI=1S/C13H13F5O4S/c1-6(2)5-7(19)3-4-23(20,21)22-13-11(17)9(15)8(14)10(16)12(13)18/h6H,3-5H2,1-2H3. The van der Waals surface area contributed by atoms with E-state index in [1.807, 2.05) is 0 Å². The van der Waals surface area contributed by atoms with Crippen molar-refractivity contribution in [2.24, 2.45) is 5.92 Å². The zero-order chi connectivity index (χ0) is 17.9. The van der Waals surface area contributed by atoms with E-state index in [2.05, 4.69) is 4.18 Å². The summed E-state index contributed by atoms with van der Waals surface area (Å²) in [5, 5.41) is 0. The quantitative estimate of drug-likeness (QED) is 0.324. The average molecular weight is 360 g/mol. The van der Waals surface area contributed by atoms with Crippen LogP contribution < -0.4 is 4.18 Å². The summed E-state index contributed by atoms with van der Waals surface area (Å²) < 4.78 is 92.4. The fraction of sp³-hybridized carbons (Fsp3) is 0.462. The van der Waals surface area contributed by atoms with Crippen LogP contribution in [0.2, 0.25) is 0 Å². The molecule has 1 rings (SSSR count).